The van der Waals surface area contributed by atoms with E-state index in [0.717, 1.165) is 12.3 Å². The van der Waals surface area contributed by atoms with Gasteiger partial charge >= 0.3 is 0 Å². The van der Waals surface area contributed by atoms with Crippen LogP contribution in [0.2, 0.25) is 0 Å². The minimum atomic E-state index is 0.613. The topological polar surface area (TPSA) is 21.7 Å². The van der Waals surface area contributed by atoms with Gasteiger partial charge in [0.2, 0.25) is 0 Å². The van der Waals surface area contributed by atoms with Crippen LogP contribution in [0.5, 0.6) is 5.75 Å². The van der Waals surface area contributed by atoms with Crippen molar-refractivity contribution in [3.05, 3.63) is 28.8 Å². The fourth-order valence-electron chi connectivity index (χ4n) is 2.95. The number of ether oxygens (including phenoxy) is 2. The highest BCUT2D eigenvalue weighted by Crippen LogP contribution is 2.27. The van der Waals surface area contributed by atoms with E-state index >= 15 is 0 Å². The Morgan fingerprint density at radius 3 is 2.62 bits per heavy atom. The number of aryl methyl sites for hydroxylation is 2. The summed E-state index contributed by atoms with van der Waals surface area (Å²) in [4.78, 5) is 2.58. The molecule has 21 heavy (non-hydrogen) atoms. The summed E-state index contributed by atoms with van der Waals surface area (Å²) in [7, 11) is 1.71. The van der Waals surface area contributed by atoms with Crippen LogP contribution in [0, 0.1) is 13.8 Å². The molecule has 0 amide bonds. The molecular formula is C18H29NO2. The zero-order valence-corrected chi connectivity index (χ0v) is 13.9. The molecule has 118 valence electrons. The molecule has 1 aromatic carbocycles. The number of hydrogen-bond acceptors (Lipinski definition) is 3. The summed E-state index contributed by atoms with van der Waals surface area (Å²) in [6.45, 7) is 10.1. The first kappa shape index (κ1) is 16.3. The lowest BCUT2D eigenvalue weighted by molar-refractivity contribution is 0.138. The van der Waals surface area contributed by atoms with E-state index in [1.54, 1.807) is 7.11 Å². The minimum absolute atomic E-state index is 0.613. The molecule has 2 rings (SSSR count). The molecule has 0 saturated carbocycles. The molecule has 0 N–H and O–H groups in total. The Morgan fingerprint density at radius 1 is 1.14 bits per heavy atom. The number of benzene rings is 1. The quantitative estimate of drug-likeness (QED) is 0.746. The molecule has 0 spiro atoms. The van der Waals surface area contributed by atoms with Crippen molar-refractivity contribution in [2.75, 3.05) is 26.9 Å². The molecule has 0 radical (unpaired) electrons. The zero-order valence-electron chi connectivity index (χ0n) is 13.9. The Hall–Kier alpha value is -1.06. The van der Waals surface area contributed by atoms with Gasteiger partial charge in [0, 0.05) is 25.3 Å². The normalized spacial score (nSPS) is 19.7. The maximum atomic E-state index is 5.94. The maximum absolute atomic E-state index is 5.94. The monoisotopic (exact) mass is 291 g/mol. The Labute approximate surface area is 129 Å². The van der Waals surface area contributed by atoms with E-state index in [9.17, 15) is 0 Å². The van der Waals surface area contributed by atoms with Crippen molar-refractivity contribution in [1.82, 2.24) is 4.90 Å². The molecule has 0 aromatic heterocycles. The molecule has 1 unspecified atom stereocenters. The zero-order chi connectivity index (χ0) is 15.2. The van der Waals surface area contributed by atoms with E-state index in [1.165, 1.54) is 42.5 Å². The van der Waals surface area contributed by atoms with E-state index in [1.807, 2.05) is 0 Å². The van der Waals surface area contributed by atoms with Gasteiger partial charge in [-0.3, -0.25) is 4.90 Å². The van der Waals surface area contributed by atoms with Crippen molar-refractivity contribution in [1.29, 1.82) is 0 Å². The lowest BCUT2D eigenvalue weighted by Crippen LogP contribution is -2.36. The van der Waals surface area contributed by atoms with Crippen LogP contribution in [0.4, 0.5) is 0 Å². The lowest BCUT2D eigenvalue weighted by atomic mass is 10.0. The molecule has 1 heterocycles. The van der Waals surface area contributed by atoms with E-state index in [0.29, 0.717) is 19.3 Å². The fourth-order valence-corrected chi connectivity index (χ4v) is 2.95. The van der Waals surface area contributed by atoms with Gasteiger partial charge in [-0.05, 0) is 57.4 Å². The molecule has 3 heteroatoms. The first-order chi connectivity index (χ1) is 10.1. The highest BCUT2D eigenvalue weighted by molar-refractivity contribution is 5.41. The third kappa shape index (κ3) is 4.45. The molecule has 0 aliphatic carbocycles. The first-order valence-electron chi connectivity index (χ1n) is 8.07. The van der Waals surface area contributed by atoms with Crippen LogP contribution < -0.4 is 4.74 Å². The number of rotatable bonds is 6. The van der Waals surface area contributed by atoms with Crippen LogP contribution in [0.15, 0.2) is 12.1 Å². The first-order valence-corrected chi connectivity index (χ1v) is 8.07. The van der Waals surface area contributed by atoms with Gasteiger partial charge in [-0.1, -0.05) is 12.5 Å². The van der Waals surface area contributed by atoms with Gasteiger partial charge in [0.25, 0.3) is 0 Å². The summed E-state index contributed by atoms with van der Waals surface area (Å²) >= 11 is 0. The molecular weight excluding hydrogens is 262 g/mol. The summed E-state index contributed by atoms with van der Waals surface area (Å²) < 4.78 is 11.0. The fraction of sp³-hybridized carbons (Fsp3) is 0.667. The van der Waals surface area contributed by atoms with E-state index in [-0.39, 0.29) is 0 Å². The predicted molar refractivity (Wildman–Crippen MR) is 87.0 cm³/mol. The molecule has 1 atom stereocenters. The average molecular weight is 291 g/mol. The second-order valence-electron chi connectivity index (χ2n) is 6.20. The van der Waals surface area contributed by atoms with Gasteiger partial charge in [-0.25, -0.2) is 0 Å². The van der Waals surface area contributed by atoms with E-state index in [2.05, 4.69) is 37.8 Å². The molecule has 3 nitrogen and oxygen atoms in total. The number of methoxy groups -OCH3 is 1. The Bertz CT molecular complexity index is 459. The van der Waals surface area contributed by atoms with Crippen molar-refractivity contribution in [3.63, 3.8) is 0 Å². The Balaban J connectivity index is 2.13. The molecule has 1 aliphatic heterocycles. The van der Waals surface area contributed by atoms with Gasteiger partial charge in [0.1, 0.15) is 12.4 Å². The average Bonchev–Trinajstić information content (AvgIpc) is 2.46. The number of piperidine rings is 1. The van der Waals surface area contributed by atoms with Crippen LogP contribution in [0.1, 0.15) is 42.9 Å². The maximum Gasteiger partial charge on any atom is 0.124 e. The highest BCUT2D eigenvalue weighted by atomic mass is 16.5. The van der Waals surface area contributed by atoms with Gasteiger partial charge in [-0.15, -0.1) is 0 Å². The van der Waals surface area contributed by atoms with Gasteiger partial charge in [0.15, 0.2) is 0 Å². The third-order valence-electron chi connectivity index (χ3n) is 4.54. The van der Waals surface area contributed by atoms with Gasteiger partial charge in [-0.2, -0.15) is 0 Å². The number of hydrogen-bond donors (Lipinski definition) is 0. The second-order valence-corrected chi connectivity index (χ2v) is 6.20. The third-order valence-corrected chi connectivity index (χ3v) is 4.54. The summed E-state index contributed by atoms with van der Waals surface area (Å²) in [5.74, 6) is 1.02. The van der Waals surface area contributed by atoms with Crippen molar-refractivity contribution in [2.45, 2.75) is 52.6 Å². The van der Waals surface area contributed by atoms with E-state index in [4.69, 9.17) is 9.47 Å². The van der Waals surface area contributed by atoms with Crippen LogP contribution in [0.25, 0.3) is 0 Å². The molecule has 1 aromatic rings. The molecule has 1 fully saturated rings. The largest absolute Gasteiger partial charge is 0.491 e. The smallest absolute Gasteiger partial charge is 0.124 e. The second kappa shape index (κ2) is 7.81. The Kier molecular flexibility index (Phi) is 6.07. The molecule has 0 bridgehead atoms. The van der Waals surface area contributed by atoms with Crippen LogP contribution >= 0.6 is 0 Å². The predicted octanol–water partition coefficient (Wildman–Crippen LogP) is 3.70. The van der Waals surface area contributed by atoms with Crippen molar-refractivity contribution in [2.24, 2.45) is 0 Å². The van der Waals surface area contributed by atoms with Crippen LogP contribution in [-0.4, -0.2) is 37.8 Å². The summed E-state index contributed by atoms with van der Waals surface area (Å²) in [5, 5.41) is 0. The standard InChI is InChI=1S/C18H29NO2/c1-14-11-17(13-19-8-6-5-7-16(19)3)18(12-15(14)2)21-10-9-20-4/h11-12,16H,5-10,13H2,1-4H3. The highest BCUT2D eigenvalue weighted by Gasteiger charge is 2.20. The van der Waals surface area contributed by atoms with Crippen molar-refractivity contribution in [3.8, 4) is 5.75 Å². The number of nitrogens with zero attached hydrogens (tertiary/aromatic N) is 1. The molecule has 1 saturated heterocycles. The van der Waals surface area contributed by atoms with Crippen molar-refractivity contribution < 1.29 is 9.47 Å². The van der Waals surface area contributed by atoms with Gasteiger partial charge in [0.05, 0.1) is 6.61 Å². The summed E-state index contributed by atoms with van der Waals surface area (Å²) in [6.07, 6.45) is 3.99. The minimum Gasteiger partial charge on any atom is -0.491 e. The summed E-state index contributed by atoms with van der Waals surface area (Å²) in [5.41, 5.74) is 3.94. The SMILES string of the molecule is COCCOc1cc(C)c(C)cc1CN1CCCCC1C. The lowest BCUT2D eigenvalue weighted by Gasteiger charge is -2.33. The Morgan fingerprint density at radius 2 is 1.90 bits per heavy atom. The van der Waals surface area contributed by atoms with Crippen LogP contribution in [0.3, 0.4) is 0 Å². The van der Waals surface area contributed by atoms with E-state index < -0.39 is 0 Å². The van der Waals surface area contributed by atoms with Crippen molar-refractivity contribution >= 4 is 0 Å². The number of likely N-dealkylation sites (tertiary alicyclic amines) is 1. The van der Waals surface area contributed by atoms with Crippen LogP contribution in [-0.2, 0) is 11.3 Å². The van der Waals surface area contributed by atoms with Gasteiger partial charge < -0.3 is 9.47 Å². The summed E-state index contributed by atoms with van der Waals surface area (Å²) in [6, 6.07) is 5.14. The molecule has 1 aliphatic rings.